The lowest BCUT2D eigenvalue weighted by atomic mass is 10.4. The molecule has 0 saturated heterocycles. The molecule has 1 aromatic rings. The Kier molecular flexibility index (Phi) is 4.14. The summed E-state index contributed by atoms with van der Waals surface area (Å²) >= 11 is 1.62. The summed E-state index contributed by atoms with van der Waals surface area (Å²) in [6.45, 7) is 0.333. The van der Waals surface area contributed by atoms with E-state index in [-0.39, 0.29) is 0 Å². The standard InChI is InChI=1S/C9H13NOS/c10-6-8(11)7-12-9-4-2-1-3-5-9/h1-5,8,11H,6-7,10H2. The highest BCUT2D eigenvalue weighted by Gasteiger charge is 2.00. The van der Waals surface area contributed by atoms with Gasteiger partial charge in [-0.05, 0) is 12.1 Å². The maximum absolute atomic E-state index is 9.17. The van der Waals surface area contributed by atoms with Crippen molar-refractivity contribution in [2.75, 3.05) is 12.3 Å². The molecule has 0 heterocycles. The van der Waals surface area contributed by atoms with Crippen molar-refractivity contribution in [3.05, 3.63) is 30.3 Å². The molecule has 0 saturated carbocycles. The van der Waals surface area contributed by atoms with Gasteiger partial charge in [-0.1, -0.05) is 18.2 Å². The molecular weight excluding hydrogens is 170 g/mol. The lowest BCUT2D eigenvalue weighted by Crippen LogP contribution is -2.21. The molecule has 0 bridgehead atoms. The molecule has 0 aliphatic carbocycles. The molecule has 3 N–H and O–H groups in total. The first kappa shape index (κ1) is 9.58. The van der Waals surface area contributed by atoms with Crippen LogP contribution >= 0.6 is 11.8 Å². The lowest BCUT2D eigenvalue weighted by Gasteiger charge is -2.06. The number of aliphatic hydroxyl groups excluding tert-OH is 1. The molecule has 0 aromatic heterocycles. The van der Waals surface area contributed by atoms with E-state index in [0.29, 0.717) is 12.3 Å². The van der Waals surface area contributed by atoms with Gasteiger partial charge >= 0.3 is 0 Å². The van der Waals surface area contributed by atoms with Gasteiger partial charge in [0.25, 0.3) is 0 Å². The molecule has 0 aliphatic heterocycles. The normalized spacial score (nSPS) is 12.8. The van der Waals surface area contributed by atoms with E-state index >= 15 is 0 Å². The topological polar surface area (TPSA) is 46.2 Å². The van der Waals surface area contributed by atoms with Crippen LogP contribution in [0.5, 0.6) is 0 Å². The van der Waals surface area contributed by atoms with Crippen molar-refractivity contribution in [1.29, 1.82) is 0 Å². The molecule has 12 heavy (non-hydrogen) atoms. The van der Waals surface area contributed by atoms with Gasteiger partial charge in [-0.25, -0.2) is 0 Å². The van der Waals surface area contributed by atoms with Crippen molar-refractivity contribution in [2.24, 2.45) is 5.73 Å². The van der Waals surface area contributed by atoms with E-state index < -0.39 is 6.10 Å². The highest BCUT2D eigenvalue weighted by molar-refractivity contribution is 7.99. The first-order valence-corrected chi connectivity index (χ1v) is 4.87. The van der Waals surface area contributed by atoms with Gasteiger partial charge in [0.1, 0.15) is 0 Å². The van der Waals surface area contributed by atoms with E-state index in [0.717, 1.165) is 0 Å². The SMILES string of the molecule is NCC(O)CSc1ccccc1. The summed E-state index contributed by atoms with van der Waals surface area (Å²) < 4.78 is 0. The Morgan fingerprint density at radius 1 is 1.33 bits per heavy atom. The number of rotatable bonds is 4. The Hall–Kier alpha value is -0.510. The van der Waals surface area contributed by atoms with Gasteiger partial charge in [-0.3, -0.25) is 0 Å². The zero-order chi connectivity index (χ0) is 8.81. The fourth-order valence-electron chi connectivity index (χ4n) is 0.777. The molecule has 66 valence electrons. The Labute approximate surface area is 76.8 Å². The summed E-state index contributed by atoms with van der Waals surface area (Å²) in [7, 11) is 0. The van der Waals surface area contributed by atoms with Gasteiger partial charge in [0.2, 0.25) is 0 Å². The van der Waals surface area contributed by atoms with Crippen LogP contribution in [-0.2, 0) is 0 Å². The van der Waals surface area contributed by atoms with Gasteiger partial charge in [0, 0.05) is 17.2 Å². The Bertz CT molecular complexity index is 215. The zero-order valence-corrected chi connectivity index (χ0v) is 7.63. The van der Waals surface area contributed by atoms with Crippen molar-refractivity contribution < 1.29 is 5.11 Å². The third-order valence-corrected chi connectivity index (χ3v) is 2.61. The van der Waals surface area contributed by atoms with E-state index in [9.17, 15) is 5.11 Å². The Balaban J connectivity index is 2.33. The van der Waals surface area contributed by atoms with Crippen molar-refractivity contribution in [3.63, 3.8) is 0 Å². The van der Waals surface area contributed by atoms with Crippen LogP contribution in [0.3, 0.4) is 0 Å². The smallest absolute Gasteiger partial charge is 0.0756 e. The summed E-state index contributed by atoms with van der Waals surface area (Å²) in [5, 5.41) is 9.17. The van der Waals surface area contributed by atoms with Crippen molar-refractivity contribution in [1.82, 2.24) is 0 Å². The van der Waals surface area contributed by atoms with E-state index in [4.69, 9.17) is 5.73 Å². The zero-order valence-electron chi connectivity index (χ0n) is 6.81. The Morgan fingerprint density at radius 3 is 2.58 bits per heavy atom. The first-order valence-electron chi connectivity index (χ1n) is 3.89. The molecule has 1 rings (SSSR count). The molecule has 1 unspecified atom stereocenters. The largest absolute Gasteiger partial charge is 0.391 e. The average molecular weight is 183 g/mol. The average Bonchev–Trinajstić information content (AvgIpc) is 2.16. The molecule has 0 spiro atoms. The second kappa shape index (κ2) is 5.19. The maximum atomic E-state index is 9.17. The number of thioether (sulfide) groups is 1. The molecule has 0 fully saturated rings. The molecule has 0 radical (unpaired) electrons. The summed E-state index contributed by atoms with van der Waals surface area (Å²) in [6, 6.07) is 9.99. The summed E-state index contributed by atoms with van der Waals surface area (Å²) in [6.07, 6.45) is -0.393. The minimum atomic E-state index is -0.393. The number of aliphatic hydroxyl groups is 1. The molecule has 2 nitrogen and oxygen atoms in total. The lowest BCUT2D eigenvalue weighted by molar-refractivity contribution is 0.208. The van der Waals surface area contributed by atoms with E-state index in [1.807, 2.05) is 30.3 Å². The number of nitrogens with two attached hydrogens (primary N) is 1. The minimum absolute atomic E-state index is 0.333. The Morgan fingerprint density at radius 2 is 2.00 bits per heavy atom. The fourth-order valence-corrected chi connectivity index (χ4v) is 1.65. The van der Waals surface area contributed by atoms with Gasteiger partial charge in [0.15, 0.2) is 0 Å². The first-order chi connectivity index (χ1) is 5.83. The van der Waals surface area contributed by atoms with Crippen LogP contribution < -0.4 is 5.73 Å². The van der Waals surface area contributed by atoms with Crippen LogP contribution in [0.4, 0.5) is 0 Å². The minimum Gasteiger partial charge on any atom is -0.391 e. The van der Waals surface area contributed by atoms with Crippen molar-refractivity contribution >= 4 is 11.8 Å². The molecule has 3 heteroatoms. The van der Waals surface area contributed by atoms with E-state index in [2.05, 4.69) is 0 Å². The van der Waals surface area contributed by atoms with Crippen LogP contribution in [0.25, 0.3) is 0 Å². The third kappa shape index (κ3) is 3.26. The van der Waals surface area contributed by atoms with E-state index in [1.54, 1.807) is 11.8 Å². The summed E-state index contributed by atoms with van der Waals surface area (Å²) in [5.41, 5.74) is 5.27. The second-order valence-electron chi connectivity index (χ2n) is 2.51. The molecule has 0 aliphatic rings. The maximum Gasteiger partial charge on any atom is 0.0756 e. The monoisotopic (exact) mass is 183 g/mol. The predicted molar refractivity (Wildman–Crippen MR) is 52.2 cm³/mol. The fraction of sp³-hybridized carbons (Fsp3) is 0.333. The molecular formula is C9H13NOS. The van der Waals surface area contributed by atoms with Gasteiger partial charge < -0.3 is 10.8 Å². The van der Waals surface area contributed by atoms with Crippen LogP contribution in [0.15, 0.2) is 35.2 Å². The van der Waals surface area contributed by atoms with Gasteiger partial charge in [-0.15, -0.1) is 11.8 Å². The van der Waals surface area contributed by atoms with Crippen molar-refractivity contribution in [3.8, 4) is 0 Å². The van der Waals surface area contributed by atoms with Crippen LogP contribution in [0, 0.1) is 0 Å². The number of hydrogen-bond donors (Lipinski definition) is 2. The summed E-state index contributed by atoms with van der Waals surface area (Å²) in [4.78, 5) is 1.17. The third-order valence-electron chi connectivity index (χ3n) is 1.46. The molecule has 1 atom stereocenters. The number of benzene rings is 1. The van der Waals surface area contributed by atoms with E-state index in [1.165, 1.54) is 4.90 Å². The van der Waals surface area contributed by atoms with Crippen LogP contribution in [0.1, 0.15) is 0 Å². The molecule has 0 amide bonds. The number of hydrogen-bond acceptors (Lipinski definition) is 3. The van der Waals surface area contributed by atoms with Crippen molar-refractivity contribution in [2.45, 2.75) is 11.0 Å². The highest BCUT2D eigenvalue weighted by atomic mass is 32.2. The van der Waals surface area contributed by atoms with Gasteiger partial charge in [-0.2, -0.15) is 0 Å². The quantitative estimate of drug-likeness (QED) is 0.687. The predicted octanol–water partition coefficient (Wildman–Crippen LogP) is 1.10. The van der Waals surface area contributed by atoms with Crippen LogP contribution in [0.2, 0.25) is 0 Å². The van der Waals surface area contributed by atoms with Crippen LogP contribution in [-0.4, -0.2) is 23.5 Å². The summed E-state index contributed by atoms with van der Waals surface area (Å²) in [5.74, 6) is 0.667. The van der Waals surface area contributed by atoms with Gasteiger partial charge in [0.05, 0.1) is 6.10 Å². The highest BCUT2D eigenvalue weighted by Crippen LogP contribution is 2.17. The molecule has 1 aromatic carbocycles. The second-order valence-corrected chi connectivity index (χ2v) is 3.61.